The third-order valence-corrected chi connectivity index (χ3v) is 5.42. The van der Waals surface area contributed by atoms with Gasteiger partial charge in [-0.15, -0.1) is 62.3 Å². The van der Waals surface area contributed by atoms with E-state index in [4.69, 9.17) is 11.5 Å². The van der Waals surface area contributed by atoms with E-state index in [0.717, 1.165) is 17.2 Å². The van der Waals surface area contributed by atoms with Gasteiger partial charge >= 0.3 is 0 Å². The number of guanidine groups is 1. The summed E-state index contributed by atoms with van der Waals surface area (Å²) in [7, 11) is 0. The van der Waals surface area contributed by atoms with Crippen molar-refractivity contribution in [2.45, 2.75) is 12.2 Å². The number of aromatic nitrogens is 4. The first-order valence-electron chi connectivity index (χ1n) is 8.61. The molecular formula is C17H23Br3N8O2S2. The molecule has 0 atom stereocenters. The number of hydrogen-bond acceptors (Lipinski definition) is 8. The number of nitrogens with one attached hydrogen (secondary N) is 3. The zero-order valence-corrected chi connectivity index (χ0v) is 23.3. The maximum absolute atomic E-state index is 12.2. The van der Waals surface area contributed by atoms with Crippen molar-refractivity contribution in [2.75, 3.05) is 17.6 Å². The van der Waals surface area contributed by atoms with E-state index >= 15 is 0 Å². The van der Waals surface area contributed by atoms with Crippen molar-refractivity contribution in [1.29, 1.82) is 0 Å². The number of thiazole rings is 1. The number of nitrogens with two attached hydrogens (primary N) is 2. The highest BCUT2D eigenvalue weighted by atomic mass is 79.9. The van der Waals surface area contributed by atoms with Gasteiger partial charge in [0, 0.05) is 65.6 Å². The molecule has 0 saturated heterocycles. The Labute approximate surface area is 223 Å². The molecule has 0 unspecified atom stereocenters. The smallest absolute Gasteiger partial charge is 0.255 e. The molecule has 3 aromatic heterocycles. The SMILES string of the molecule is Br.Br.Br.NC(N)=Nc1nc(CSCCNc2ncc(Cc3cc(=O)cc[nH]3)c(=O)[nH]2)cs1. The molecule has 0 saturated carbocycles. The number of anilines is 1. The van der Waals surface area contributed by atoms with Gasteiger partial charge < -0.3 is 21.8 Å². The quantitative estimate of drug-likeness (QED) is 0.131. The molecule has 0 spiro atoms. The van der Waals surface area contributed by atoms with Crippen molar-refractivity contribution >= 4 is 91.1 Å². The van der Waals surface area contributed by atoms with Crippen molar-refractivity contribution in [1.82, 2.24) is 19.9 Å². The Morgan fingerprint density at radius 3 is 2.72 bits per heavy atom. The topological polar surface area (TPSA) is 168 Å². The monoisotopic (exact) mass is 672 g/mol. The number of aliphatic imine (C=N–C) groups is 1. The third-order valence-electron chi connectivity index (χ3n) is 3.64. The van der Waals surface area contributed by atoms with Crippen molar-refractivity contribution < 1.29 is 0 Å². The van der Waals surface area contributed by atoms with Crippen LogP contribution in [0.4, 0.5) is 11.1 Å². The summed E-state index contributed by atoms with van der Waals surface area (Å²) < 4.78 is 0. The van der Waals surface area contributed by atoms with E-state index in [0.29, 0.717) is 35.3 Å². The van der Waals surface area contributed by atoms with E-state index in [9.17, 15) is 9.59 Å². The first kappa shape index (κ1) is 30.3. The van der Waals surface area contributed by atoms with Crippen LogP contribution in [-0.2, 0) is 12.2 Å². The largest absolute Gasteiger partial charge is 0.370 e. The minimum absolute atomic E-state index is 0. The van der Waals surface area contributed by atoms with Gasteiger partial charge in [0.05, 0.1) is 5.69 Å². The lowest BCUT2D eigenvalue weighted by atomic mass is 10.2. The fourth-order valence-corrected chi connectivity index (χ4v) is 3.94. The average molecular weight is 675 g/mol. The Bertz CT molecular complexity index is 1120. The van der Waals surface area contributed by atoms with Crippen LogP contribution in [-0.4, -0.2) is 38.2 Å². The third kappa shape index (κ3) is 9.85. The second-order valence-electron chi connectivity index (χ2n) is 5.95. The van der Waals surface area contributed by atoms with Crippen LogP contribution in [0.25, 0.3) is 0 Å². The molecule has 3 heterocycles. The number of pyridine rings is 1. The number of nitrogens with zero attached hydrogens (tertiary/aromatic N) is 3. The molecule has 15 heteroatoms. The van der Waals surface area contributed by atoms with Gasteiger partial charge in [0.1, 0.15) is 0 Å². The van der Waals surface area contributed by atoms with Gasteiger partial charge in [-0.1, -0.05) is 0 Å². The van der Waals surface area contributed by atoms with E-state index in [-0.39, 0.29) is 67.9 Å². The van der Waals surface area contributed by atoms with E-state index in [1.165, 1.54) is 29.7 Å². The normalized spacial score (nSPS) is 9.62. The molecule has 7 N–H and O–H groups in total. The van der Waals surface area contributed by atoms with Crippen molar-refractivity contribution in [3.8, 4) is 0 Å². The number of thioether (sulfide) groups is 1. The molecule has 0 aliphatic carbocycles. The second kappa shape index (κ2) is 15.2. The Balaban J connectivity index is 0.00000320. The summed E-state index contributed by atoms with van der Waals surface area (Å²) in [6, 6.07) is 2.89. The van der Waals surface area contributed by atoms with Crippen LogP contribution in [0.3, 0.4) is 0 Å². The van der Waals surface area contributed by atoms with E-state index in [1.54, 1.807) is 18.0 Å². The lowest BCUT2D eigenvalue weighted by Gasteiger charge is -2.06. The summed E-state index contributed by atoms with van der Waals surface area (Å²) in [4.78, 5) is 41.7. The van der Waals surface area contributed by atoms with Crippen LogP contribution in [0.15, 0.2) is 44.5 Å². The molecule has 3 aromatic rings. The van der Waals surface area contributed by atoms with Crippen LogP contribution in [0, 0.1) is 0 Å². The lowest BCUT2D eigenvalue weighted by molar-refractivity contribution is 0.980. The molecule has 0 radical (unpaired) electrons. The number of hydrogen-bond donors (Lipinski definition) is 5. The molecular weight excluding hydrogens is 652 g/mol. The van der Waals surface area contributed by atoms with Crippen LogP contribution in [0.2, 0.25) is 0 Å². The summed E-state index contributed by atoms with van der Waals surface area (Å²) in [5.41, 5.74) is 12.4. The number of halogens is 3. The molecule has 0 aromatic carbocycles. The minimum Gasteiger partial charge on any atom is -0.370 e. The van der Waals surface area contributed by atoms with Crippen molar-refractivity contribution in [2.24, 2.45) is 16.5 Å². The summed E-state index contributed by atoms with van der Waals surface area (Å²) in [6.07, 6.45) is 3.38. The van der Waals surface area contributed by atoms with Gasteiger partial charge in [0.15, 0.2) is 11.4 Å². The van der Waals surface area contributed by atoms with E-state index in [1.807, 2.05) is 5.38 Å². The first-order chi connectivity index (χ1) is 14.0. The van der Waals surface area contributed by atoms with Crippen molar-refractivity contribution in [3.05, 3.63) is 67.4 Å². The molecule has 3 rings (SSSR count). The van der Waals surface area contributed by atoms with Gasteiger partial charge in [-0.3, -0.25) is 14.6 Å². The number of H-pyrrole nitrogens is 2. The van der Waals surface area contributed by atoms with Crippen LogP contribution in [0.1, 0.15) is 17.0 Å². The van der Waals surface area contributed by atoms with Gasteiger partial charge in [-0.2, -0.15) is 16.8 Å². The maximum Gasteiger partial charge on any atom is 0.255 e. The fraction of sp³-hybridized carbons (Fsp3) is 0.235. The number of aromatic amines is 2. The predicted molar refractivity (Wildman–Crippen MR) is 148 cm³/mol. The Morgan fingerprint density at radius 2 is 2.03 bits per heavy atom. The first-order valence-corrected chi connectivity index (χ1v) is 10.6. The predicted octanol–water partition coefficient (Wildman–Crippen LogP) is 2.49. The van der Waals surface area contributed by atoms with Crippen molar-refractivity contribution in [3.63, 3.8) is 0 Å². The van der Waals surface area contributed by atoms with Crippen LogP contribution < -0.4 is 27.8 Å². The Hall–Kier alpha value is -1.68. The summed E-state index contributed by atoms with van der Waals surface area (Å²) >= 11 is 3.07. The molecule has 32 heavy (non-hydrogen) atoms. The molecule has 176 valence electrons. The number of rotatable bonds is 9. The molecule has 0 aliphatic rings. The molecule has 0 aliphatic heterocycles. The summed E-state index contributed by atoms with van der Waals surface area (Å²) in [5, 5.41) is 5.54. The van der Waals surface area contributed by atoms with E-state index < -0.39 is 0 Å². The lowest BCUT2D eigenvalue weighted by Crippen LogP contribution is -2.21. The standard InChI is InChI=1S/C17H20N8O2S2.3BrH/c18-15(19)25-17-23-12(9-29-17)8-28-4-3-21-16-22-7-10(14(27)24-16)5-11-6-13(26)1-2-20-11;;;/h1-2,6-7,9H,3-5,8H2,(H,20,26)(H4,18,19,23,25)(H2,21,22,24,27);3*1H. The van der Waals surface area contributed by atoms with Crippen LogP contribution in [0.5, 0.6) is 0 Å². The summed E-state index contributed by atoms with van der Waals surface area (Å²) in [5.74, 6) is 1.93. The Morgan fingerprint density at radius 1 is 1.25 bits per heavy atom. The highest BCUT2D eigenvalue weighted by Crippen LogP contribution is 2.21. The Kier molecular flexibility index (Phi) is 14.4. The minimum atomic E-state index is -0.241. The zero-order valence-electron chi connectivity index (χ0n) is 16.6. The molecule has 0 fully saturated rings. The van der Waals surface area contributed by atoms with Gasteiger partial charge in [0.25, 0.3) is 5.56 Å². The zero-order chi connectivity index (χ0) is 20.6. The molecule has 0 bridgehead atoms. The molecule has 0 amide bonds. The van der Waals surface area contributed by atoms with Gasteiger partial charge in [0.2, 0.25) is 11.1 Å². The fourth-order valence-electron chi connectivity index (χ4n) is 2.38. The highest BCUT2D eigenvalue weighted by molar-refractivity contribution is 8.93. The summed E-state index contributed by atoms with van der Waals surface area (Å²) in [6.45, 7) is 0.629. The maximum atomic E-state index is 12.2. The van der Waals surface area contributed by atoms with E-state index in [2.05, 4.69) is 30.2 Å². The average Bonchev–Trinajstić information content (AvgIpc) is 3.10. The van der Waals surface area contributed by atoms with Crippen LogP contribution >= 0.6 is 74.0 Å². The highest BCUT2D eigenvalue weighted by Gasteiger charge is 2.05. The van der Waals surface area contributed by atoms with Gasteiger partial charge in [-0.25, -0.2) is 9.97 Å². The molecule has 10 nitrogen and oxygen atoms in total. The van der Waals surface area contributed by atoms with Gasteiger partial charge in [-0.05, 0) is 0 Å². The second-order valence-corrected chi connectivity index (χ2v) is 7.89.